The third-order valence-electron chi connectivity index (χ3n) is 5.09. The van der Waals surface area contributed by atoms with E-state index in [0.29, 0.717) is 18.5 Å². The van der Waals surface area contributed by atoms with E-state index >= 15 is 0 Å². The Morgan fingerprint density at radius 2 is 1.75 bits per heavy atom. The second kappa shape index (κ2) is 7.38. The Kier molecular flexibility index (Phi) is 5.29. The number of aryl methyl sites for hydroxylation is 2. The van der Waals surface area contributed by atoms with Crippen molar-refractivity contribution in [2.75, 3.05) is 12.8 Å². The van der Waals surface area contributed by atoms with Crippen LogP contribution < -0.4 is 5.32 Å². The van der Waals surface area contributed by atoms with Crippen LogP contribution in [0.5, 0.6) is 0 Å². The van der Waals surface area contributed by atoms with Crippen molar-refractivity contribution in [3.05, 3.63) is 48.0 Å². The molecule has 0 unspecified atom stereocenters. The van der Waals surface area contributed by atoms with Crippen molar-refractivity contribution in [2.24, 2.45) is 0 Å². The summed E-state index contributed by atoms with van der Waals surface area (Å²) in [6, 6.07) is 5.61. The van der Waals surface area contributed by atoms with Crippen LogP contribution in [-0.4, -0.2) is 47.6 Å². The molecule has 2 heterocycles. The van der Waals surface area contributed by atoms with Crippen LogP contribution in [0, 0.1) is 6.92 Å². The number of imidazole rings is 1. The van der Waals surface area contributed by atoms with Gasteiger partial charge in [0.2, 0.25) is 0 Å². The molecule has 1 aliphatic heterocycles. The highest BCUT2D eigenvalue weighted by atomic mass is 32.2. The molecular formula is C19H24N4O4S. The number of imide groups is 1. The van der Waals surface area contributed by atoms with Gasteiger partial charge in [0, 0.05) is 31.7 Å². The van der Waals surface area contributed by atoms with Gasteiger partial charge in [0.1, 0.15) is 11.4 Å². The van der Waals surface area contributed by atoms with Gasteiger partial charge in [-0.05, 0) is 44.4 Å². The van der Waals surface area contributed by atoms with Crippen LogP contribution in [0.4, 0.5) is 4.79 Å². The Bertz CT molecular complexity index is 997. The lowest BCUT2D eigenvalue weighted by Gasteiger charge is -2.22. The van der Waals surface area contributed by atoms with E-state index in [1.54, 1.807) is 25.3 Å². The Balaban J connectivity index is 1.65. The van der Waals surface area contributed by atoms with E-state index in [1.165, 1.54) is 17.0 Å². The number of carbonyl (C=O) groups excluding carboxylic acids is 2. The molecule has 1 N–H and O–H groups in total. The molecule has 28 heavy (non-hydrogen) atoms. The van der Waals surface area contributed by atoms with Gasteiger partial charge in [0.25, 0.3) is 5.91 Å². The van der Waals surface area contributed by atoms with Gasteiger partial charge in [-0.25, -0.2) is 18.2 Å². The van der Waals surface area contributed by atoms with E-state index in [2.05, 4.69) is 10.3 Å². The minimum Gasteiger partial charge on any atom is -0.335 e. The largest absolute Gasteiger partial charge is 0.335 e. The van der Waals surface area contributed by atoms with Crippen LogP contribution in [0.1, 0.15) is 31.2 Å². The molecule has 3 rings (SSSR count). The first-order valence-corrected chi connectivity index (χ1v) is 10.9. The number of sulfone groups is 1. The number of hydrogen-bond donors (Lipinski definition) is 1. The van der Waals surface area contributed by atoms with Gasteiger partial charge in [-0.3, -0.25) is 9.69 Å². The molecule has 1 aliphatic rings. The van der Waals surface area contributed by atoms with Crippen LogP contribution in [0.2, 0.25) is 0 Å². The summed E-state index contributed by atoms with van der Waals surface area (Å²) in [5, 5.41) is 2.74. The molecule has 0 bridgehead atoms. The predicted molar refractivity (Wildman–Crippen MR) is 103 cm³/mol. The number of rotatable bonds is 7. The van der Waals surface area contributed by atoms with E-state index < -0.39 is 21.4 Å². The molecule has 150 valence electrons. The Morgan fingerprint density at radius 1 is 1.11 bits per heavy atom. The number of amides is 3. The highest BCUT2D eigenvalue weighted by Crippen LogP contribution is 2.29. The molecule has 1 aromatic carbocycles. The molecule has 2 aromatic rings. The SMILES string of the molecule is Cc1nccn1CCCCN1C(=O)N[C@@](C)(c2ccc(S(C)(=O)=O)cc2)C1=O. The number of nitrogens with one attached hydrogen (secondary N) is 1. The average Bonchev–Trinajstić information content (AvgIpc) is 3.14. The summed E-state index contributed by atoms with van der Waals surface area (Å²) >= 11 is 0. The maximum atomic E-state index is 12.9. The van der Waals surface area contributed by atoms with E-state index in [1.807, 2.05) is 17.7 Å². The van der Waals surface area contributed by atoms with Crippen molar-refractivity contribution in [3.8, 4) is 0 Å². The summed E-state index contributed by atoms with van der Waals surface area (Å²) in [6.07, 6.45) is 6.26. The van der Waals surface area contributed by atoms with E-state index in [-0.39, 0.29) is 10.8 Å². The minimum atomic E-state index is -3.32. The number of nitrogens with zero attached hydrogens (tertiary/aromatic N) is 3. The fraction of sp³-hybridized carbons (Fsp3) is 0.421. The summed E-state index contributed by atoms with van der Waals surface area (Å²) in [5.74, 6) is 0.600. The van der Waals surface area contributed by atoms with Crippen molar-refractivity contribution in [2.45, 2.75) is 43.7 Å². The van der Waals surface area contributed by atoms with Gasteiger partial charge in [0.05, 0.1) is 4.90 Å². The summed E-state index contributed by atoms with van der Waals surface area (Å²) in [5.41, 5.74) is -0.650. The minimum absolute atomic E-state index is 0.170. The smallest absolute Gasteiger partial charge is 0.325 e. The zero-order valence-electron chi connectivity index (χ0n) is 16.2. The maximum Gasteiger partial charge on any atom is 0.325 e. The van der Waals surface area contributed by atoms with Crippen LogP contribution >= 0.6 is 0 Å². The third kappa shape index (κ3) is 3.80. The molecule has 0 radical (unpaired) electrons. The second-order valence-electron chi connectivity index (χ2n) is 7.18. The van der Waals surface area contributed by atoms with Crippen LogP contribution in [0.25, 0.3) is 0 Å². The lowest BCUT2D eigenvalue weighted by molar-refractivity contribution is -0.131. The number of carbonyl (C=O) groups is 2. The number of benzene rings is 1. The van der Waals surface area contributed by atoms with Crippen molar-refractivity contribution < 1.29 is 18.0 Å². The van der Waals surface area contributed by atoms with Crippen LogP contribution in [-0.2, 0) is 26.7 Å². The van der Waals surface area contributed by atoms with Gasteiger partial charge in [-0.15, -0.1) is 0 Å². The van der Waals surface area contributed by atoms with Gasteiger partial charge in [-0.2, -0.15) is 0 Å². The summed E-state index contributed by atoms with van der Waals surface area (Å²) < 4.78 is 25.3. The molecule has 1 saturated heterocycles. The molecule has 8 nitrogen and oxygen atoms in total. The molecule has 1 aromatic heterocycles. The summed E-state index contributed by atoms with van der Waals surface area (Å²) in [7, 11) is -3.32. The van der Waals surface area contributed by atoms with Gasteiger partial charge < -0.3 is 9.88 Å². The highest BCUT2D eigenvalue weighted by molar-refractivity contribution is 7.90. The zero-order valence-corrected chi connectivity index (χ0v) is 17.0. The molecule has 9 heteroatoms. The lowest BCUT2D eigenvalue weighted by Crippen LogP contribution is -2.41. The highest BCUT2D eigenvalue weighted by Gasteiger charge is 2.48. The van der Waals surface area contributed by atoms with E-state index in [0.717, 1.165) is 25.0 Å². The van der Waals surface area contributed by atoms with Gasteiger partial charge >= 0.3 is 6.03 Å². The quantitative estimate of drug-likeness (QED) is 0.560. The fourth-order valence-corrected chi connectivity index (χ4v) is 3.95. The van der Waals surface area contributed by atoms with Gasteiger partial charge in [-0.1, -0.05) is 12.1 Å². The van der Waals surface area contributed by atoms with Crippen molar-refractivity contribution in [1.29, 1.82) is 0 Å². The predicted octanol–water partition coefficient (Wildman–Crippen LogP) is 1.84. The van der Waals surface area contributed by atoms with Gasteiger partial charge in [0.15, 0.2) is 9.84 Å². The van der Waals surface area contributed by atoms with Crippen LogP contribution in [0.3, 0.4) is 0 Å². The second-order valence-corrected chi connectivity index (χ2v) is 9.20. The Labute approximate surface area is 164 Å². The number of aromatic nitrogens is 2. The Hall–Kier alpha value is -2.68. The maximum absolute atomic E-state index is 12.9. The number of urea groups is 1. The average molecular weight is 404 g/mol. The topological polar surface area (TPSA) is 101 Å². The van der Waals surface area contributed by atoms with Crippen molar-refractivity contribution in [3.63, 3.8) is 0 Å². The first kappa shape index (κ1) is 20.1. The van der Waals surface area contributed by atoms with E-state index in [4.69, 9.17) is 0 Å². The van der Waals surface area contributed by atoms with Crippen LogP contribution in [0.15, 0.2) is 41.6 Å². The molecule has 0 aliphatic carbocycles. The standard InChI is InChI=1S/C19H24N4O4S/c1-14-20-10-13-22(14)11-4-5-12-23-17(24)19(2,21-18(23)25)15-6-8-16(9-7-15)28(3,26)27/h6-10,13H,4-5,11-12H2,1-3H3,(H,21,25)/t19-/m0/s1. The normalized spacial score (nSPS) is 19.9. The summed E-state index contributed by atoms with van der Waals surface area (Å²) in [6.45, 7) is 4.67. The molecular weight excluding hydrogens is 380 g/mol. The lowest BCUT2D eigenvalue weighted by atomic mass is 9.92. The molecule has 0 saturated carbocycles. The molecule has 3 amide bonds. The first-order valence-electron chi connectivity index (χ1n) is 9.05. The third-order valence-corrected chi connectivity index (χ3v) is 6.22. The zero-order chi connectivity index (χ0) is 20.5. The summed E-state index contributed by atoms with van der Waals surface area (Å²) in [4.78, 5) is 30.8. The number of hydrogen-bond acceptors (Lipinski definition) is 5. The molecule has 1 atom stereocenters. The van der Waals surface area contributed by atoms with Crippen molar-refractivity contribution in [1.82, 2.24) is 19.8 Å². The fourth-order valence-electron chi connectivity index (χ4n) is 3.32. The monoisotopic (exact) mass is 404 g/mol. The Morgan fingerprint density at radius 3 is 2.32 bits per heavy atom. The molecule has 0 spiro atoms. The van der Waals surface area contributed by atoms with Crippen molar-refractivity contribution >= 4 is 21.8 Å². The molecule has 1 fully saturated rings. The first-order chi connectivity index (χ1) is 13.1. The van der Waals surface area contributed by atoms with E-state index in [9.17, 15) is 18.0 Å². The number of unbranched alkanes of at least 4 members (excludes halogenated alkanes) is 1.